The van der Waals surface area contributed by atoms with Crippen molar-refractivity contribution >= 4 is 41.3 Å². The highest BCUT2D eigenvalue weighted by Gasteiger charge is 2.70. The van der Waals surface area contributed by atoms with E-state index in [1.807, 2.05) is 32.5 Å². The largest absolute Gasteiger partial charge is 0.346 e. The van der Waals surface area contributed by atoms with Crippen LogP contribution in [0.1, 0.15) is 87.0 Å². The second kappa shape index (κ2) is 15.2. The van der Waals surface area contributed by atoms with E-state index in [0.717, 1.165) is 43.6 Å². The van der Waals surface area contributed by atoms with Gasteiger partial charge in [-0.05, 0) is 54.6 Å². The molecule has 0 aromatic rings. The predicted molar refractivity (Wildman–Crippen MR) is 180 cm³/mol. The number of carbonyl (C=O) groups excluding carboxylic acids is 5. The first-order valence-electron chi connectivity index (χ1n) is 16.4. The minimum Gasteiger partial charge on any atom is -0.346 e. The average Bonchev–Trinajstić information content (AvgIpc) is 3.29. The predicted octanol–water partition coefficient (Wildman–Crippen LogP) is 3.96. The number of thioether (sulfide) groups is 1. The zero-order valence-electron chi connectivity index (χ0n) is 28.3. The van der Waals surface area contributed by atoms with Crippen LogP contribution in [-0.4, -0.2) is 82.7 Å². The summed E-state index contributed by atoms with van der Waals surface area (Å²) in [5, 5.41) is 11.6. The summed E-state index contributed by atoms with van der Waals surface area (Å²) < 4.78 is 0. The van der Waals surface area contributed by atoms with Gasteiger partial charge in [0.05, 0.1) is 5.54 Å². The molecule has 0 spiro atoms. The first-order chi connectivity index (χ1) is 21.1. The standard InChI is InChI=1S/C34H55N5O5S/c1-9-12-16-23(26(40)29(42)35-19-10-2)36-28(41)25-24-22(33(24,7)8)20-39(25)30(43)27(32(4,5)6)37-31(44)38-34(21-45-11-3)17-14-13-15-18-34/h9-10,12,22-25,27H,2,11,13-21H2,1,3-8H3,(H,35,42)(H,36,41)(H2,37,38,44)/b12-9+/t22?,23?,24?,25?,27-/m1/s1. The smallest absolute Gasteiger partial charge is 0.315 e. The molecule has 252 valence electrons. The first-order valence-corrected chi connectivity index (χ1v) is 17.6. The Kier molecular flexibility index (Phi) is 12.4. The number of Topliss-reactive ketones (excluding diaryl/α,β-unsaturated/α-hetero) is 1. The molecule has 1 aliphatic heterocycles. The highest BCUT2D eigenvalue weighted by Crippen LogP contribution is 2.65. The SMILES string of the molecule is C=CCNC(=O)C(=O)C(C/C=C/C)NC(=O)C1C2C(CN1C(=O)[C@@H](NC(=O)NC1(CSCC)CCCCC1)C(C)(C)C)C2(C)C. The summed E-state index contributed by atoms with van der Waals surface area (Å²) in [5.74, 6) is -0.525. The van der Waals surface area contributed by atoms with Crippen molar-refractivity contribution in [3.8, 4) is 0 Å². The lowest BCUT2D eigenvalue weighted by molar-refractivity contribution is -0.145. The van der Waals surface area contributed by atoms with Crippen molar-refractivity contribution in [2.45, 2.75) is 111 Å². The van der Waals surface area contributed by atoms with E-state index in [1.165, 1.54) is 6.08 Å². The Morgan fingerprint density at radius 1 is 1.07 bits per heavy atom. The molecule has 3 rings (SSSR count). The Bertz CT molecular complexity index is 1160. The number of amides is 5. The van der Waals surface area contributed by atoms with Crippen molar-refractivity contribution < 1.29 is 24.0 Å². The van der Waals surface area contributed by atoms with Gasteiger partial charge in [0.25, 0.3) is 5.91 Å². The van der Waals surface area contributed by atoms with Crippen LogP contribution in [0.2, 0.25) is 0 Å². The molecule has 11 heteroatoms. The van der Waals surface area contributed by atoms with Crippen LogP contribution in [0, 0.1) is 22.7 Å². The third-order valence-electron chi connectivity index (χ3n) is 9.79. The fourth-order valence-corrected chi connectivity index (χ4v) is 7.99. The van der Waals surface area contributed by atoms with Gasteiger partial charge in [0, 0.05) is 18.8 Å². The Morgan fingerprint density at radius 2 is 1.73 bits per heavy atom. The highest BCUT2D eigenvalue weighted by molar-refractivity contribution is 7.99. The van der Waals surface area contributed by atoms with Crippen molar-refractivity contribution in [3.05, 3.63) is 24.8 Å². The lowest BCUT2D eigenvalue weighted by Crippen LogP contribution is -2.63. The molecule has 3 aliphatic rings. The fraction of sp³-hybridized carbons (Fsp3) is 0.735. The second-order valence-electron chi connectivity index (χ2n) is 14.5. The highest BCUT2D eigenvalue weighted by atomic mass is 32.2. The van der Waals surface area contributed by atoms with E-state index in [2.05, 4.69) is 48.6 Å². The maximum Gasteiger partial charge on any atom is 0.315 e. The van der Waals surface area contributed by atoms with E-state index in [9.17, 15) is 24.0 Å². The molecule has 4 N–H and O–H groups in total. The zero-order chi connectivity index (χ0) is 33.6. The van der Waals surface area contributed by atoms with Crippen molar-refractivity contribution in [2.75, 3.05) is 24.6 Å². The van der Waals surface area contributed by atoms with Crippen LogP contribution in [0.25, 0.3) is 0 Å². The van der Waals surface area contributed by atoms with Gasteiger partial charge in [0.15, 0.2) is 0 Å². The molecule has 0 aromatic heterocycles. The number of piperidine rings is 1. The van der Waals surface area contributed by atoms with Crippen molar-refractivity contribution in [1.29, 1.82) is 0 Å². The van der Waals surface area contributed by atoms with Gasteiger partial charge in [-0.15, -0.1) is 6.58 Å². The van der Waals surface area contributed by atoms with Gasteiger partial charge in [0.2, 0.25) is 17.6 Å². The quantitative estimate of drug-likeness (QED) is 0.167. The minimum absolute atomic E-state index is 0.0977. The van der Waals surface area contributed by atoms with E-state index in [4.69, 9.17) is 0 Å². The Morgan fingerprint density at radius 3 is 2.31 bits per heavy atom. The Labute approximate surface area is 273 Å². The normalized spacial score (nSPS) is 24.6. The molecule has 10 nitrogen and oxygen atoms in total. The van der Waals surface area contributed by atoms with Gasteiger partial charge in [-0.25, -0.2) is 4.79 Å². The molecule has 5 atom stereocenters. The molecule has 1 heterocycles. The van der Waals surface area contributed by atoms with E-state index in [0.29, 0.717) is 6.54 Å². The molecule has 0 radical (unpaired) electrons. The topological polar surface area (TPSA) is 137 Å². The van der Waals surface area contributed by atoms with E-state index >= 15 is 0 Å². The first kappa shape index (κ1) is 36.6. The van der Waals surface area contributed by atoms with Crippen molar-refractivity contribution in [2.24, 2.45) is 22.7 Å². The summed E-state index contributed by atoms with van der Waals surface area (Å²) in [6.45, 7) is 17.9. The number of urea groups is 1. The number of allylic oxidation sites excluding steroid dienone is 1. The molecule has 1 saturated heterocycles. The third-order valence-corrected chi connectivity index (χ3v) is 11.0. The maximum atomic E-state index is 14.3. The van der Waals surface area contributed by atoms with Crippen LogP contribution < -0.4 is 21.3 Å². The molecular formula is C34H55N5O5S. The molecule has 4 unspecified atom stereocenters. The molecule has 45 heavy (non-hydrogen) atoms. The molecule has 2 saturated carbocycles. The number of likely N-dealkylation sites (tertiary alicyclic amines) is 1. The fourth-order valence-electron chi connectivity index (χ4n) is 7.04. The maximum absolute atomic E-state index is 14.3. The number of ketones is 1. The number of fused-ring (bicyclic) bond motifs is 1. The number of carbonyl (C=O) groups is 5. The van der Waals surface area contributed by atoms with Crippen LogP contribution in [0.5, 0.6) is 0 Å². The Balaban J connectivity index is 1.83. The lowest BCUT2D eigenvalue weighted by atomic mass is 9.83. The molecule has 3 fully saturated rings. The van der Waals surface area contributed by atoms with Gasteiger partial charge < -0.3 is 26.2 Å². The summed E-state index contributed by atoms with van der Waals surface area (Å²) >= 11 is 1.81. The van der Waals surface area contributed by atoms with Gasteiger partial charge in [0.1, 0.15) is 18.1 Å². The second-order valence-corrected chi connectivity index (χ2v) is 15.8. The average molecular weight is 646 g/mol. The van der Waals surface area contributed by atoms with E-state index < -0.39 is 41.1 Å². The third kappa shape index (κ3) is 8.71. The molecule has 0 bridgehead atoms. The van der Waals surface area contributed by atoms with Gasteiger partial charge in [-0.1, -0.05) is 79.0 Å². The number of hydrogen-bond acceptors (Lipinski definition) is 6. The minimum atomic E-state index is -1.08. The van der Waals surface area contributed by atoms with Crippen LogP contribution in [-0.2, 0) is 19.2 Å². The lowest BCUT2D eigenvalue weighted by Gasteiger charge is -2.40. The number of rotatable bonds is 14. The van der Waals surface area contributed by atoms with Crippen LogP contribution in [0.4, 0.5) is 4.79 Å². The summed E-state index contributed by atoms with van der Waals surface area (Å²) in [7, 11) is 0. The van der Waals surface area contributed by atoms with Gasteiger partial charge in [-0.3, -0.25) is 19.2 Å². The number of nitrogens with one attached hydrogen (secondary N) is 4. The van der Waals surface area contributed by atoms with Crippen LogP contribution in [0.15, 0.2) is 24.8 Å². The van der Waals surface area contributed by atoms with Crippen LogP contribution >= 0.6 is 11.8 Å². The number of hydrogen-bond donors (Lipinski definition) is 4. The zero-order valence-corrected chi connectivity index (χ0v) is 29.1. The van der Waals surface area contributed by atoms with Gasteiger partial charge in [-0.2, -0.15) is 11.8 Å². The van der Waals surface area contributed by atoms with Crippen molar-refractivity contribution in [3.63, 3.8) is 0 Å². The van der Waals surface area contributed by atoms with Crippen molar-refractivity contribution in [1.82, 2.24) is 26.2 Å². The monoisotopic (exact) mass is 645 g/mol. The Hall–Kier alpha value is -2.82. The molecule has 0 aromatic carbocycles. The van der Waals surface area contributed by atoms with E-state index in [-0.39, 0.29) is 47.7 Å². The molecule has 5 amide bonds. The molecule has 2 aliphatic carbocycles. The molecular weight excluding hydrogens is 590 g/mol. The summed E-state index contributed by atoms with van der Waals surface area (Å²) in [5.41, 5.74) is -1.10. The summed E-state index contributed by atoms with van der Waals surface area (Å²) in [6.07, 6.45) is 10.2. The van der Waals surface area contributed by atoms with Gasteiger partial charge >= 0.3 is 6.03 Å². The number of nitrogens with zero attached hydrogens (tertiary/aromatic N) is 1. The van der Waals surface area contributed by atoms with Crippen LogP contribution in [0.3, 0.4) is 0 Å². The summed E-state index contributed by atoms with van der Waals surface area (Å²) in [6, 6.07) is -3.14. The summed E-state index contributed by atoms with van der Waals surface area (Å²) in [4.78, 5) is 68.9. The van der Waals surface area contributed by atoms with E-state index in [1.54, 1.807) is 24.0 Å².